The minimum atomic E-state index is 0.350. The Bertz CT molecular complexity index is 246. The molecule has 1 aliphatic heterocycles. The zero-order valence-electron chi connectivity index (χ0n) is 9.34. The molecule has 0 aromatic rings. The van der Waals surface area contributed by atoms with E-state index in [1.54, 1.807) is 0 Å². The smallest absolute Gasteiger partial charge is 0.157 e. The highest BCUT2D eigenvalue weighted by atomic mass is 32.2. The van der Waals surface area contributed by atoms with Crippen molar-refractivity contribution in [2.24, 2.45) is 4.99 Å². The minimum absolute atomic E-state index is 0.350. The van der Waals surface area contributed by atoms with Crippen molar-refractivity contribution in [3.8, 4) is 0 Å². The van der Waals surface area contributed by atoms with Crippen molar-refractivity contribution in [1.82, 2.24) is 5.32 Å². The summed E-state index contributed by atoms with van der Waals surface area (Å²) in [4.78, 5) is 4.67. The van der Waals surface area contributed by atoms with Crippen molar-refractivity contribution in [2.75, 3.05) is 0 Å². The number of nitrogens with one attached hydrogen (secondary N) is 1. The number of nitrogens with zero attached hydrogens (tertiary/aromatic N) is 1. The second-order valence-electron chi connectivity index (χ2n) is 4.99. The number of hydrogen-bond donors (Lipinski definition) is 1. The fraction of sp³-hybridized carbons (Fsp3) is 0.909. The maximum absolute atomic E-state index is 4.67. The first kappa shape index (κ1) is 10.3. The quantitative estimate of drug-likeness (QED) is 0.723. The molecule has 2 nitrogen and oxygen atoms in total. The first-order valence-corrected chi connectivity index (χ1v) is 6.48. The molecule has 1 aliphatic carbocycles. The zero-order valence-corrected chi connectivity index (χ0v) is 10.2. The SMILES string of the molecule is CC1CC(C)SC(NC2(C)CCC2)=N1. The Kier molecular flexibility index (Phi) is 2.78. The summed E-state index contributed by atoms with van der Waals surface area (Å²) in [6, 6.07) is 0.498. The Hall–Kier alpha value is -0.180. The average Bonchev–Trinajstić information content (AvgIpc) is 1.99. The number of hydrogen-bond acceptors (Lipinski definition) is 3. The number of amidine groups is 1. The van der Waals surface area contributed by atoms with Gasteiger partial charge < -0.3 is 5.32 Å². The van der Waals surface area contributed by atoms with E-state index in [-0.39, 0.29) is 0 Å². The maximum Gasteiger partial charge on any atom is 0.157 e. The van der Waals surface area contributed by atoms with Crippen LogP contribution in [0.5, 0.6) is 0 Å². The lowest BCUT2D eigenvalue weighted by Crippen LogP contribution is -2.51. The molecule has 1 N–H and O–H groups in total. The van der Waals surface area contributed by atoms with Crippen molar-refractivity contribution >= 4 is 16.9 Å². The van der Waals surface area contributed by atoms with Gasteiger partial charge in [-0.25, -0.2) is 0 Å². The Morgan fingerprint density at radius 2 is 2.14 bits per heavy atom. The molecule has 2 atom stereocenters. The zero-order chi connectivity index (χ0) is 10.2. The van der Waals surface area contributed by atoms with Crippen LogP contribution in [0.2, 0.25) is 0 Å². The molecule has 2 unspecified atom stereocenters. The fourth-order valence-corrected chi connectivity index (χ4v) is 3.46. The van der Waals surface area contributed by atoms with Gasteiger partial charge in [0.25, 0.3) is 0 Å². The van der Waals surface area contributed by atoms with Crippen LogP contribution in [0.1, 0.15) is 46.5 Å². The molecule has 0 saturated heterocycles. The van der Waals surface area contributed by atoms with E-state index in [4.69, 9.17) is 0 Å². The Balaban J connectivity index is 1.96. The highest BCUT2D eigenvalue weighted by Gasteiger charge is 2.33. The molecule has 1 heterocycles. The monoisotopic (exact) mass is 212 g/mol. The summed E-state index contributed by atoms with van der Waals surface area (Å²) in [5.41, 5.74) is 0.350. The molecule has 2 aliphatic rings. The van der Waals surface area contributed by atoms with E-state index in [1.165, 1.54) is 30.9 Å². The lowest BCUT2D eigenvalue weighted by molar-refractivity contribution is 0.245. The largest absolute Gasteiger partial charge is 0.360 e. The van der Waals surface area contributed by atoms with Gasteiger partial charge in [-0.2, -0.15) is 0 Å². The molecular formula is C11H20N2S. The topological polar surface area (TPSA) is 24.4 Å². The minimum Gasteiger partial charge on any atom is -0.360 e. The Morgan fingerprint density at radius 1 is 1.43 bits per heavy atom. The van der Waals surface area contributed by atoms with Gasteiger partial charge in [0.15, 0.2) is 5.17 Å². The third-order valence-electron chi connectivity index (χ3n) is 3.19. The first-order chi connectivity index (χ1) is 6.57. The summed E-state index contributed by atoms with van der Waals surface area (Å²) in [5.74, 6) is 0. The van der Waals surface area contributed by atoms with Gasteiger partial charge in [-0.1, -0.05) is 18.7 Å². The van der Waals surface area contributed by atoms with Crippen molar-refractivity contribution in [1.29, 1.82) is 0 Å². The number of rotatable bonds is 1. The summed E-state index contributed by atoms with van der Waals surface area (Å²) in [7, 11) is 0. The molecule has 2 rings (SSSR count). The van der Waals surface area contributed by atoms with Gasteiger partial charge in [-0.15, -0.1) is 0 Å². The number of thioether (sulfide) groups is 1. The van der Waals surface area contributed by atoms with Crippen LogP contribution >= 0.6 is 11.8 Å². The van der Waals surface area contributed by atoms with E-state index in [2.05, 4.69) is 31.1 Å². The van der Waals surface area contributed by atoms with Crippen molar-refractivity contribution in [2.45, 2.75) is 63.3 Å². The molecule has 14 heavy (non-hydrogen) atoms. The summed E-state index contributed by atoms with van der Waals surface area (Å²) in [6.07, 6.45) is 5.18. The van der Waals surface area contributed by atoms with Gasteiger partial charge in [0.2, 0.25) is 0 Å². The van der Waals surface area contributed by atoms with Crippen LogP contribution < -0.4 is 5.32 Å². The summed E-state index contributed by atoms with van der Waals surface area (Å²) < 4.78 is 0. The normalized spacial score (nSPS) is 35.8. The van der Waals surface area contributed by atoms with E-state index in [9.17, 15) is 0 Å². The highest BCUT2D eigenvalue weighted by Crippen LogP contribution is 2.33. The maximum atomic E-state index is 4.67. The number of aliphatic imine (C=N–C) groups is 1. The second-order valence-corrected chi connectivity index (χ2v) is 6.41. The summed E-state index contributed by atoms with van der Waals surface area (Å²) >= 11 is 1.91. The van der Waals surface area contributed by atoms with Crippen molar-refractivity contribution < 1.29 is 0 Å². The van der Waals surface area contributed by atoms with Gasteiger partial charge in [-0.3, -0.25) is 4.99 Å². The summed E-state index contributed by atoms with van der Waals surface area (Å²) in [6.45, 7) is 6.81. The predicted molar refractivity (Wildman–Crippen MR) is 64.0 cm³/mol. The van der Waals surface area contributed by atoms with Gasteiger partial charge in [0, 0.05) is 10.8 Å². The molecule has 80 valence electrons. The van der Waals surface area contributed by atoms with E-state index < -0.39 is 0 Å². The molecule has 1 fully saturated rings. The molecule has 1 saturated carbocycles. The second kappa shape index (κ2) is 3.76. The van der Waals surface area contributed by atoms with Crippen molar-refractivity contribution in [3.05, 3.63) is 0 Å². The lowest BCUT2D eigenvalue weighted by Gasteiger charge is -2.41. The third kappa shape index (κ3) is 2.25. The standard InChI is InChI=1S/C11H20N2S/c1-8-7-9(2)14-10(12-8)13-11(3)5-4-6-11/h8-9H,4-7H2,1-3H3,(H,12,13). The molecule has 0 amide bonds. The fourth-order valence-electron chi connectivity index (χ4n) is 2.15. The van der Waals surface area contributed by atoms with Gasteiger partial charge in [-0.05, 0) is 39.5 Å². The van der Waals surface area contributed by atoms with Crippen LogP contribution in [0, 0.1) is 0 Å². The molecule has 3 heteroatoms. The van der Waals surface area contributed by atoms with E-state index in [1.807, 2.05) is 11.8 Å². The predicted octanol–water partition coefficient (Wildman–Crippen LogP) is 2.79. The summed E-state index contributed by atoms with van der Waals surface area (Å²) in [5, 5.41) is 5.50. The third-order valence-corrected chi connectivity index (χ3v) is 4.21. The molecule has 0 spiro atoms. The van der Waals surface area contributed by atoms with Crippen LogP contribution in [0.3, 0.4) is 0 Å². The molecular weight excluding hydrogens is 192 g/mol. The Labute approximate surface area is 90.9 Å². The van der Waals surface area contributed by atoms with Crippen molar-refractivity contribution in [3.63, 3.8) is 0 Å². The highest BCUT2D eigenvalue weighted by molar-refractivity contribution is 8.14. The van der Waals surface area contributed by atoms with Crippen LogP contribution in [-0.2, 0) is 0 Å². The lowest BCUT2D eigenvalue weighted by atomic mass is 9.79. The Morgan fingerprint density at radius 3 is 2.64 bits per heavy atom. The van der Waals surface area contributed by atoms with E-state index in [0.29, 0.717) is 16.8 Å². The van der Waals surface area contributed by atoms with Crippen LogP contribution in [-0.4, -0.2) is 22.0 Å². The van der Waals surface area contributed by atoms with Gasteiger partial charge in [0.1, 0.15) is 0 Å². The van der Waals surface area contributed by atoms with Gasteiger partial charge >= 0.3 is 0 Å². The molecule has 0 radical (unpaired) electrons. The van der Waals surface area contributed by atoms with Crippen LogP contribution in [0.15, 0.2) is 4.99 Å². The van der Waals surface area contributed by atoms with Crippen LogP contribution in [0.4, 0.5) is 0 Å². The van der Waals surface area contributed by atoms with E-state index >= 15 is 0 Å². The average molecular weight is 212 g/mol. The van der Waals surface area contributed by atoms with Gasteiger partial charge in [0.05, 0.1) is 6.04 Å². The molecule has 0 aromatic heterocycles. The first-order valence-electron chi connectivity index (χ1n) is 5.60. The molecule has 0 bridgehead atoms. The molecule has 0 aromatic carbocycles. The van der Waals surface area contributed by atoms with E-state index in [0.717, 1.165) is 0 Å². The van der Waals surface area contributed by atoms with Crippen LogP contribution in [0.25, 0.3) is 0 Å².